The SMILES string of the molecule is CS(=O)(=O)c1ccccc1C(=O)CBr. The molecular formula is C9H9BrO3S. The molecule has 0 atom stereocenters. The minimum absolute atomic E-state index is 0.0875. The van der Waals surface area contributed by atoms with E-state index in [0.29, 0.717) is 0 Å². The molecule has 1 rings (SSSR count). The first-order valence-electron chi connectivity index (χ1n) is 3.85. The molecule has 0 saturated heterocycles. The van der Waals surface area contributed by atoms with Gasteiger partial charge in [-0.3, -0.25) is 4.79 Å². The summed E-state index contributed by atoms with van der Waals surface area (Å²) in [6.45, 7) is 0. The van der Waals surface area contributed by atoms with Crippen molar-refractivity contribution < 1.29 is 13.2 Å². The van der Waals surface area contributed by atoms with Gasteiger partial charge in [-0.15, -0.1) is 0 Å². The first-order valence-corrected chi connectivity index (χ1v) is 6.86. The highest BCUT2D eigenvalue weighted by atomic mass is 79.9. The summed E-state index contributed by atoms with van der Waals surface area (Å²) in [6, 6.07) is 6.19. The van der Waals surface area contributed by atoms with Gasteiger partial charge < -0.3 is 0 Å². The maximum atomic E-state index is 11.4. The smallest absolute Gasteiger partial charge is 0.176 e. The summed E-state index contributed by atoms with van der Waals surface area (Å²) < 4.78 is 22.6. The number of benzene rings is 1. The summed E-state index contributed by atoms with van der Waals surface area (Å²) >= 11 is 3.01. The Morgan fingerprint density at radius 3 is 2.43 bits per heavy atom. The quantitative estimate of drug-likeness (QED) is 0.623. The molecular weight excluding hydrogens is 268 g/mol. The van der Waals surface area contributed by atoms with E-state index in [1.54, 1.807) is 12.1 Å². The number of carbonyl (C=O) groups excluding carboxylic acids is 1. The van der Waals surface area contributed by atoms with Crippen LogP contribution < -0.4 is 0 Å². The molecule has 1 aromatic rings. The molecule has 0 amide bonds. The second-order valence-corrected chi connectivity index (χ2v) is 5.37. The van der Waals surface area contributed by atoms with Crippen molar-refractivity contribution in [3.8, 4) is 0 Å². The van der Waals surface area contributed by atoms with Crippen LogP contribution in [0.5, 0.6) is 0 Å². The second kappa shape index (κ2) is 4.23. The highest BCUT2D eigenvalue weighted by Gasteiger charge is 2.16. The molecule has 0 fully saturated rings. The molecule has 5 heteroatoms. The zero-order chi connectivity index (χ0) is 10.8. The van der Waals surface area contributed by atoms with Gasteiger partial charge in [0, 0.05) is 11.8 Å². The van der Waals surface area contributed by atoms with Gasteiger partial charge in [0.1, 0.15) is 0 Å². The third-order valence-corrected chi connectivity index (χ3v) is 3.37. The van der Waals surface area contributed by atoms with Gasteiger partial charge >= 0.3 is 0 Å². The number of carbonyl (C=O) groups is 1. The fourth-order valence-electron chi connectivity index (χ4n) is 1.09. The van der Waals surface area contributed by atoms with Crippen LogP contribution in [0.3, 0.4) is 0 Å². The third kappa shape index (κ3) is 2.42. The Bertz CT molecular complexity index is 451. The van der Waals surface area contributed by atoms with Gasteiger partial charge in [0.2, 0.25) is 0 Å². The van der Waals surface area contributed by atoms with Gasteiger partial charge in [-0.2, -0.15) is 0 Å². The van der Waals surface area contributed by atoms with Crippen molar-refractivity contribution in [2.45, 2.75) is 4.90 Å². The molecule has 3 nitrogen and oxygen atoms in total. The van der Waals surface area contributed by atoms with Crippen LogP contribution in [0, 0.1) is 0 Å². The van der Waals surface area contributed by atoms with Crippen LogP contribution in [0.25, 0.3) is 0 Å². The molecule has 0 unspecified atom stereocenters. The van der Waals surface area contributed by atoms with E-state index in [9.17, 15) is 13.2 Å². The lowest BCUT2D eigenvalue weighted by Gasteiger charge is -2.04. The minimum Gasteiger partial charge on any atom is -0.293 e. The van der Waals surface area contributed by atoms with Gasteiger partial charge in [-0.05, 0) is 6.07 Å². The minimum atomic E-state index is -3.33. The van der Waals surface area contributed by atoms with E-state index in [2.05, 4.69) is 15.9 Å². The lowest BCUT2D eigenvalue weighted by atomic mass is 10.1. The van der Waals surface area contributed by atoms with Crippen LogP contribution in [0.4, 0.5) is 0 Å². The summed E-state index contributed by atoms with van der Waals surface area (Å²) in [5.74, 6) is -0.231. The summed E-state index contributed by atoms with van der Waals surface area (Å²) in [6.07, 6.45) is 1.09. The Morgan fingerprint density at radius 2 is 1.93 bits per heavy atom. The Labute approximate surface area is 91.2 Å². The van der Waals surface area contributed by atoms with Gasteiger partial charge in [0.05, 0.1) is 10.2 Å². The zero-order valence-corrected chi connectivity index (χ0v) is 9.93. The fraction of sp³-hybridized carbons (Fsp3) is 0.222. The van der Waals surface area contributed by atoms with Gasteiger partial charge in [0.15, 0.2) is 15.6 Å². The number of Topliss-reactive ketones (excluding diaryl/α,β-unsaturated/α-hetero) is 1. The first-order chi connectivity index (χ1) is 6.46. The van der Waals surface area contributed by atoms with Crippen LogP contribution in [0.15, 0.2) is 29.2 Å². The number of sulfone groups is 1. The Balaban J connectivity index is 3.38. The number of hydrogen-bond acceptors (Lipinski definition) is 3. The predicted molar refractivity (Wildman–Crippen MR) is 57.7 cm³/mol. The molecule has 0 aromatic heterocycles. The van der Waals surface area contributed by atoms with E-state index in [0.717, 1.165) is 6.26 Å². The van der Waals surface area contributed by atoms with Crippen molar-refractivity contribution in [3.05, 3.63) is 29.8 Å². The van der Waals surface area contributed by atoms with Crippen LogP contribution in [0.2, 0.25) is 0 Å². The Hall–Kier alpha value is -0.680. The molecule has 0 aliphatic heterocycles. The largest absolute Gasteiger partial charge is 0.293 e. The van der Waals surface area contributed by atoms with E-state index < -0.39 is 9.84 Å². The van der Waals surface area contributed by atoms with Crippen molar-refractivity contribution in [1.82, 2.24) is 0 Å². The predicted octanol–water partition coefficient (Wildman–Crippen LogP) is 1.67. The molecule has 0 N–H and O–H groups in total. The molecule has 76 valence electrons. The molecule has 0 bridgehead atoms. The second-order valence-electron chi connectivity index (χ2n) is 2.83. The highest BCUT2D eigenvalue weighted by Crippen LogP contribution is 2.16. The summed E-state index contributed by atoms with van der Waals surface area (Å²) in [7, 11) is -3.33. The van der Waals surface area contributed by atoms with Crippen LogP contribution in [-0.2, 0) is 9.84 Å². The maximum Gasteiger partial charge on any atom is 0.176 e. The maximum absolute atomic E-state index is 11.4. The Morgan fingerprint density at radius 1 is 1.36 bits per heavy atom. The van der Waals surface area contributed by atoms with Crippen molar-refractivity contribution in [1.29, 1.82) is 0 Å². The monoisotopic (exact) mass is 276 g/mol. The molecule has 0 heterocycles. The number of rotatable bonds is 3. The number of hydrogen-bond donors (Lipinski definition) is 0. The van der Waals surface area contributed by atoms with Crippen LogP contribution in [0.1, 0.15) is 10.4 Å². The average molecular weight is 277 g/mol. The van der Waals surface area contributed by atoms with Crippen molar-refractivity contribution in [2.24, 2.45) is 0 Å². The normalized spacial score (nSPS) is 11.3. The Kier molecular flexibility index (Phi) is 3.44. The lowest BCUT2D eigenvalue weighted by molar-refractivity contribution is 0.102. The highest BCUT2D eigenvalue weighted by molar-refractivity contribution is 9.09. The standard InChI is InChI=1S/C9H9BrO3S/c1-14(12,13)9-5-3-2-4-7(9)8(11)6-10/h2-5H,6H2,1H3. The van der Waals surface area contributed by atoms with E-state index in [1.807, 2.05) is 0 Å². The van der Waals surface area contributed by atoms with Gasteiger partial charge in [-0.25, -0.2) is 8.42 Å². The summed E-state index contributed by atoms with van der Waals surface area (Å²) in [5.41, 5.74) is 0.242. The number of halogens is 1. The van der Waals surface area contributed by atoms with E-state index in [1.165, 1.54) is 12.1 Å². The van der Waals surface area contributed by atoms with Crippen molar-refractivity contribution in [2.75, 3.05) is 11.6 Å². The van der Waals surface area contributed by atoms with Gasteiger partial charge in [0.25, 0.3) is 0 Å². The lowest BCUT2D eigenvalue weighted by Crippen LogP contribution is -2.08. The topological polar surface area (TPSA) is 51.2 Å². The molecule has 1 aromatic carbocycles. The number of ketones is 1. The van der Waals surface area contributed by atoms with E-state index >= 15 is 0 Å². The average Bonchev–Trinajstić information content (AvgIpc) is 2.15. The fourth-order valence-corrected chi connectivity index (χ4v) is 2.30. The molecule has 0 aliphatic carbocycles. The third-order valence-electron chi connectivity index (χ3n) is 1.71. The van der Waals surface area contributed by atoms with Crippen molar-refractivity contribution in [3.63, 3.8) is 0 Å². The summed E-state index contributed by atoms with van der Waals surface area (Å²) in [5, 5.41) is 0.125. The van der Waals surface area contributed by atoms with Crippen LogP contribution >= 0.6 is 15.9 Å². The summed E-state index contributed by atoms with van der Waals surface area (Å²) in [4.78, 5) is 11.5. The number of alkyl halides is 1. The van der Waals surface area contributed by atoms with Crippen LogP contribution in [-0.4, -0.2) is 25.8 Å². The molecule has 0 saturated carbocycles. The first kappa shape index (κ1) is 11.4. The molecule has 0 aliphatic rings. The molecule has 0 spiro atoms. The van der Waals surface area contributed by atoms with Crippen molar-refractivity contribution >= 4 is 31.6 Å². The molecule has 14 heavy (non-hydrogen) atoms. The van der Waals surface area contributed by atoms with E-state index in [4.69, 9.17) is 0 Å². The zero-order valence-electron chi connectivity index (χ0n) is 7.53. The molecule has 0 radical (unpaired) electrons. The van der Waals surface area contributed by atoms with Gasteiger partial charge in [-0.1, -0.05) is 34.1 Å². The van der Waals surface area contributed by atoms with E-state index in [-0.39, 0.29) is 21.6 Å².